The number of benzene rings is 2. The Hall–Kier alpha value is -2.60. The summed E-state index contributed by atoms with van der Waals surface area (Å²) in [6.07, 6.45) is 0. The normalized spacial score (nSPS) is 9.39. The van der Waals surface area contributed by atoms with Gasteiger partial charge in [0.15, 0.2) is 11.5 Å². The number of ether oxygens (including phenoxy) is 1. The molecule has 0 aliphatic heterocycles. The first-order chi connectivity index (χ1) is 8.69. The summed E-state index contributed by atoms with van der Waals surface area (Å²) in [5, 5.41) is 18.9. The van der Waals surface area contributed by atoms with Crippen molar-refractivity contribution in [2.45, 2.75) is 0 Å². The molecule has 0 aromatic heterocycles. The van der Waals surface area contributed by atoms with Crippen molar-refractivity contribution in [1.29, 1.82) is 0 Å². The van der Waals surface area contributed by atoms with Gasteiger partial charge in [0.25, 0.3) is 0 Å². The van der Waals surface area contributed by atoms with E-state index in [9.17, 15) is 10.2 Å². The van der Waals surface area contributed by atoms with E-state index in [2.05, 4.69) is 11.8 Å². The van der Waals surface area contributed by atoms with Gasteiger partial charge < -0.3 is 14.9 Å². The maximum atomic E-state index is 9.60. The van der Waals surface area contributed by atoms with Crippen molar-refractivity contribution in [1.82, 2.24) is 0 Å². The van der Waals surface area contributed by atoms with E-state index in [1.165, 1.54) is 13.2 Å². The van der Waals surface area contributed by atoms with E-state index in [0.717, 1.165) is 0 Å². The Morgan fingerprint density at radius 2 is 1.67 bits per heavy atom. The molecule has 0 unspecified atom stereocenters. The Balaban J connectivity index is 2.27. The summed E-state index contributed by atoms with van der Waals surface area (Å²) >= 11 is 0. The highest BCUT2D eigenvalue weighted by molar-refractivity contribution is 5.50. The van der Waals surface area contributed by atoms with Crippen LogP contribution in [-0.4, -0.2) is 17.3 Å². The number of hydrogen-bond acceptors (Lipinski definition) is 3. The molecule has 0 amide bonds. The zero-order chi connectivity index (χ0) is 13.0. The Kier molecular flexibility index (Phi) is 3.40. The molecule has 3 nitrogen and oxygen atoms in total. The van der Waals surface area contributed by atoms with Crippen LogP contribution in [0, 0.1) is 11.8 Å². The molecule has 0 saturated carbocycles. The number of phenols is 2. The summed E-state index contributed by atoms with van der Waals surface area (Å²) in [5.41, 5.74) is 1.39. The molecular formula is C15H12O3. The number of methoxy groups -OCH3 is 1. The van der Waals surface area contributed by atoms with Crippen LogP contribution in [0.25, 0.3) is 0 Å². The smallest absolute Gasteiger partial charge is 0.160 e. The highest BCUT2D eigenvalue weighted by atomic mass is 16.5. The Morgan fingerprint density at radius 1 is 0.944 bits per heavy atom. The van der Waals surface area contributed by atoms with E-state index >= 15 is 0 Å². The van der Waals surface area contributed by atoms with Gasteiger partial charge in [0.05, 0.1) is 7.11 Å². The monoisotopic (exact) mass is 240 g/mol. The van der Waals surface area contributed by atoms with Crippen LogP contribution in [0.3, 0.4) is 0 Å². The topological polar surface area (TPSA) is 49.7 Å². The highest BCUT2D eigenvalue weighted by Crippen LogP contribution is 2.25. The molecule has 0 fully saturated rings. The maximum Gasteiger partial charge on any atom is 0.160 e. The molecule has 0 aliphatic rings. The van der Waals surface area contributed by atoms with Crippen molar-refractivity contribution in [2.24, 2.45) is 0 Å². The van der Waals surface area contributed by atoms with E-state index < -0.39 is 0 Å². The van der Waals surface area contributed by atoms with Crippen LogP contribution in [0.1, 0.15) is 11.1 Å². The lowest BCUT2D eigenvalue weighted by molar-refractivity contribution is 0.373. The third kappa shape index (κ3) is 2.74. The predicted octanol–water partition coefficient (Wildman–Crippen LogP) is 2.51. The van der Waals surface area contributed by atoms with Crippen molar-refractivity contribution in [3.63, 3.8) is 0 Å². The second-order valence-electron chi connectivity index (χ2n) is 3.69. The quantitative estimate of drug-likeness (QED) is 0.753. The summed E-state index contributed by atoms with van der Waals surface area (Å²) in [4.78, 5) is 0. The van der Waals surface area contributed by atoms with E-state index in [0.29, 0.717) is 16.9 Å². The molecule has 18 heavy (non-hydrogen) atoms. The predicted molar refractivity (Wildman–Crippen MR) is 68.7 cm³/mol. The van der Waals surface area contributed by atoms with Crippen molar-refractivity contribution >= 4 is 0 Å². The first-order valence-electron chi connectivity index (χ1n) is 5.37. The van der Waals surface area contributed by atoms with Gasteiger partial charge in [0.2, 0.25) is 0 Å². The van der Waals surface area contributed by atoms with Gasteiger partial charge in [0.1, 0.15) is 5.75 Å². The summed E-state index contributed by atoms with van der Waals surface area (Å²) in [5.74, 6) is 6.46. The fourth-order valence-electron chi connectivity index (χ4n) is 1.50. The van der Waals surface area contributed by atoms with Gasteiger partial charge in [-0.05, 0) is 36.4 Å². The van der Waals surface area contributed by atoms with E-state index in [1.807, 2.05) is 0 Å². The molecule has 0 spiro atoms. The first kappa shape index (κ1) is 11.9. The van der Waals surface area contributed by atoms with Gasteiger partial charge >= 0.3 is 0 Å². The zero-order valence-electron chi connectivity index (χ0n) is 9.84. The van der Waals surface area contributed by atoms with Crippen LogP contribution in [0.15, 0.2) is 42.5 Å². The van der Waals surface area contributed by atoms with Gasteiger partial charge in [-0.25, -0.2) is 0 Å². The molecule has 0 heterocycles. The molecule has 0 radical (unpaired) electrons. The Bertz CT molecular complexity index is 621. The number of phenolic OH excluding ortho intramolecular Hbond substituents is 2. The lowest BCUT2D eigenvalue weighted by Crippen LogP contribution is -1.84. The summed E-state index contributed by atoms with van der Waals surface area (Å²) in [7, 11) is 1.49. The number of rotatable bonds is 1. The highest BCUT2D eigenvalue weighted by Gasteiger charge is 2.00. The van der Waals surface area contributed by atoms with Gasteiger partial charge in [-0.3, -0.25) is 0 Å². The van der Waals surface area contributed by atoms with Crippen LogP contribution in [-0.2, 0) is 0 Å². The average Bonchev–Trinajstić information content (AvgIpc) is 2.37. The van der Waals surface area contributed by atoms with Gasteiger partial charge in [-0.1, -0.05) is 17.9 Å². The largest absolute Gasteiger partial charge is 0.508 e. The van der Waals surface area contributed by atoms with Crippen LogP contribution >= 0.6 is 0 Å². The van der Waals surface area contributed by atoms with Crippen molar-refractivity contribution in [3.05, 3.63) is 53.6 Å². The second-order valence-corrected chi connectivity index (χ2v) is 3.69. The lowest BCUT2D eigenvalue weighted by atomic mass is 10.1. The third-order valence-corrected chi connectivity index (χ3v) is 2.38. The van der Waals surface area contributed by atoms with Crippen LogP contribution in [0.4, 0.5) is 0 Å². The minimum atomic E-state index is 0.0557. The summed E-state index contributed by atoms with van der Waals surface area (Å²) in [6.45, 7) is 0. The third-order valence-electron chi connectivity index (χ3n) is 2.38. The Morgan fingerprint density at radius 3 is 2.28 bits per heavy atom. The van der Waals surface area contributed by atoms with Gasteiger partial charge in [-0.2, -0.15) is 0 Å². The van der Waals surface area contributed by atoms with E-state index in [4.69, 9.17) is 4.74 Å². The minimum absolute atomic E-state index is 0.0557. The van der Waals surface area contributed by atoms with Crippen molar-refractivity contribution in [3.8, 4) is 29.1 Å². The minimum Gasteiger partial charge on any atom is -0.508 e. The molecule has 2 rings (SSSR count). The lowest BCUT2D eigenvalue weighted by Gasteiger charge is -2.02. The van der Waals surface area contributed by atoms with Gasteiger partial charge in [-0.15, -0.1) is 0 Å². The molecule has 2 N–H and O–H groups in total. The second kappa shape index (κ2) is 5.15. The van der Waals surface area contributed by atoms with Crippen molar-refractivity contribution in [2.75, 3.05) is 7.11 Å². The number of hydrogen-bond donors (Lipinski definition) is 2. The Labute approximate surface area is 105 Å². The summed E-state index contributed by atoms with van der Waals surface area (Å²) < 4.78 is 4.95. The maximum absolute atomic E-state index is 9.60. The standard InChI is InChI=1S/C15H12O3/c1-18-15-8-7-12(10-14(15)17)6-5-11-3-2-4-13(16)9-11/h2-4,7-10,16-17H,1H3. The van der Waals surface area contributed by atoms with Crippen LogP contribution < -0.4 is 4.74 Å². The molecule has 2 aromatic rings. The van der Waals surface area contributed by atoms with E-state index in [1.54, 1.807) is 36.4 Å². The molecule has 90 valence electrons. The SMILES string of the molecule is COc1ccc(C#Cc2cccc(O)c2)cc1O. The number of aromatic hydroxyl groups is 2. The molecular weight excluding hydrogens is 228 g/mol. The van der Waals surface area contributed by atoms with Crippen molar-refractivity contribution < 1.29 is 14.9 Å². The first-order valence-corrected chi connectivity index (χ1v) is 5.37. The zero-order valence-corrected chi connectivity index (χ0v) is 9.84. The van der Waals surface area contributed by atoms with E-state index in [-0.39, 0.29) is 11.5 Å². The molecule has 3 heteroatoms. The van der Waals surface area contributed by atoms with Gasteiger partial charge in [0, 0.05) is 11.1 Å². The van der Waals surface area contributed by atoms with Crippen LogP contribution in [0.2, 0.25) is 0 Å². The fraction of sp³-hybridized carbons (Fsp3) is 0.0667. The molecule has 0 atom stereocenters. The van der Waals surface area contributed by atoms with Crippen LogP contribution in [0.5, 0.6) is 17.2 Å². The molecule has 0 saturated heterocycles. The molecule has 0 bridgehead atoms. The summed E-state index contributed by atoms with van der Waals surface area (Å²) in [6, 6.07) is 11.6. The molecule has 0 aliphatic carbocycles. The average molecular weight is 240 g/mol. The fourth-order valence-corrected chi connectivity index (χ4v) is 1.50. The molecule has 2 aromatic carbocycles.